The molecular formula is C18H23N3O4. The Hall–Kier alpha value is -2.70. The molecule has 0 saturated heterocycles. The lowest BCUT2D eigenvalue weighted by Crippen LogP contribution is -2.37. The molecule has 1 aromatic carbocycles. The minimum absolute atomic E-state index is 0.0258. The van der Waals surface area contributed by atoms with Crippen LogP contribution in [0.3, 0.4) is 0 Å². The van der Waals surface area contributed by atoms with E-state index in [2.05, 4.69) is 10.6 Å². The highest BCUT2D eigenvalue weighted by Crippen LogP contribution is 2.22. The standard InChI is InChI=1S/C18H23N3O4/c1-2-3-8-15(22)19-10-11-20-16(23)9-12-21-17(24)13-6-4-5-7-14(13)18(21)25/h4-7H,2-3,8-12H2,1H3,(H,19,22)(H,20,23). The number of unbranched alkanes of at least 4 members (excludes halogenated alkanes) is 1. The lowest BCUT2D eigenvalue weighted by molar-refractivity contribution is -0.123. The molecule has 0 radical (unpaired) electrons. The molecule has 0 aromatic heterocycles. The molecule has 7 nitrogen and oxygen atoms in total. The second kappa shape index (κ2) is 8.96. The zero-order chi connectivity index (χ0) is 18.2. The van der Waals surface area contributed by atoms with Gasteiger partial charge in [0.2, 0.25) is 11.8 Å². The number of amides is 4. The number of fused-ring (bicyclic) bond motifs is 1. The van der Waals surface area contributed by atoms with E-state index in [9.17, 15) is 19.2 Å². The van der Waals surface area contributed by atoms with Crippen molar-refractivity contribution >= 4 is 23.6 Å². The summed E-state index contributed by atoms with van der Waals surface area (Å²) in [6.07, 6.45) is 2.33. The van der Waals surface area contributed by atoms with Crippen molar-refractivity contribution in [1.82, 2.24) is 15.5 Å². The van der Waals surface area contributed by atoms with Gasteiger partial charge >= 0.3 is 0 Å². The summed E-state index contributed by atoms with van der Waals surface area (Å²) in [5.74, 6) is -1.02. The number of carbonyl (C=O) groups excluding carboxylic acids is 4. The smallest absolute Gasteiger partial charge is 0.261 e. The van der Waals surface area contributed by atoms with Crippen molar-refractivity contribution in [3.05, 3.63) is 35.4 Å². The number of hydrogen-bond acceptors (Lipinski definition) is 4. The molecule has 1 heterocycles. The van der Waals surface area contributed by atoms with Crippen molar-refractivity contribution in [1.29, 1.82) is 0 Å². The van der Waals surface area contributed by atoms with E-state index in [-0.39, 0.29) is 36.6 Å². The van der Waals surface area contributed by atoms with Gasteiger partial charge < -0.3 is 10.6 Å². The number of rotatable bonds is 9. The van der Waals surface area contributed by atoms with Gasteiger partial charge in [0.15, 0.2) is 0 Å². The van der Waals surface area contributed by atoms with Gasteiger partial charge in [0, 0.05) is 32.5 Å². The molecule has 2 N–H and O–H groups in total. The van der Waals surface area contributed by atoms with Crippen LogP contribution in [0.25, 0.3) is 0 Å². The Morgan fingerprint density at radius 3 is 1.96 bits per heavy atom. The fraction of sp³-hybridized carbons (Fsp3) is 0.444. The highest BCUT2D eigenvalue weighted by molar-refractivity contribution is 6.21. The van der Waals surface area contributed by atoms with Gasteiger partial charge in [-0.15, -0.1) is 0 Å². The molecule has 0 spiro atoms. The summed E-state index contributed by atoms with van der Waals surface area (Å²) in [7, 11) is 0. The Balaban J connectivity index is 1.68. The van der Waals surface area contributed by atoms with E-state index in [1.165, 1.54) is 0 Å². The van der Waals surface area contributed by atoms with E-state index in [0.29, 0.717) is 30.6 Å². The maximum atomic E-state index is 12.2. The third kappa shape index (κ3) is 4.89. The molecule has 0 atom stereocenters. The molecule has 0 bridgehead atoms. The van der Waals surface area contributed by atoms with Crippen LogP contribution >= 0.6 is 0 Å². The van der Waals surface area contributed by atoms with Crippen LogP contribution in [-0.4, -0.2) is 48.2 Å². The van der Waals surface area contributed by atoms with Crippen LogP contribution in [0.1, 0.15) is 53.3 Å². The molecule has 0 saturated carbocycles. The van der Waals surface area contributed by atoms with Gasteiger partial charge in [-0.1, -0.05) is 25.5 Å². The van der Waals surface area contributed by atoms with Gasteiger partial charge in [0.25, 0.3) is 11.8 Å². The van der Waals surface area contributed by atoms with Gasteiger partial charge in [-0.2, -0.15) is 0 Å². The summed E-state index contributed by atoms with van der Waals surface area (Å²) in [5.41, 5.74) is 0.755. The third-order valence-electron chi connectivity index (χ3n) is 3.97. The number of imide groups is 1. The molecule has 0 fully saturated rings. The van der Waals surface area contributed by atoms with Crippen molar-refractivity contribution < 1.29 is 19.2 Å². The number of nitrogens with one attached hydrogen (secondary N) is 2. The first-order chi connectivity index (χ1) is 12.0. The number of carbonyl (C=O) groups is 4. The second-order valence-electron chi connectivity index (χ2n) is 5.86. The largest absolute Gasteiger partial charge is 0.354 e. The summed E-state index contributed by atoms with van der Waals surface area (Å²) in [5, 5.41) is 5.39. The maximum absolute atomic E-state index is 12.2. The Labute approximate surface area is 146 Å². The van der Waals surface area contributed by atoms with Crippen LogP contribution in [0.2, 0.25) is 0 Å². The lowest BCUT2D eigenvalue weighted by Gasteiger charge is -2.13. The number of benzene rings is 1. The van der Waals surface area contributed by atoms with Gasteiger partial charge in [0.1, 0.15) is 0 Å². The van der Waals surface area contributed by atoms with Crippen molar-refractivity contribution in [2.24, 2.45) is 0 Å². The maximum Gasteiger partial charge on any atom is 0.261 e. The third-order valence-corrected chi connectivity index (χ3v) is 3.97. The van der Waals surface area contributed by atoms with E-state index in [4.69, 9.17) is 0 Å². The monoisotopic (exact) mass is 345 g/mol. The van der Waals surface area contributed by atoms with Gasteiger partial charge in [0.05, 0.1) is 11.1 Å². The molecule has 1 aliphatic heterocycles. The Morgan fingerprint density at radius 2 is 1.44 bits per heavy atom. The van der Waals surface area contributed by atoms with Crippen LogP contribution in [0.15, 0.2) is 24.3 Å². The minimum atomic E-state index is -0.364. The molecule has 1 aliphatic rings. The summed E-state index contributed by atoms with van der Waals surface area (Å²) in [4.78, 5) is 48.7. The molecule has 7 heteroatoms. The average Bonchev–Trinajstić information content (AvgIpc) is 2.86. The molecule has 4 amide bonds. The normalized spacial score (nSPS) is 12.9. The Bertz CT molecular complexity index is 637. The first-order valence-electron chi connectivity index (χ1n) is 8.53. The molecule has 2 rings (SSSR count). The van der Waals surface area contributed by atoms with E-state index in [1.807, 2.05) is 6.92 Å². The van der Waals surface area contributed by atoms with Crippen LogP contribution in [0.5, 0.6) is 0 Å². The Kier molecular flexibility index (Phi) is 6.68. The predicted molar refractivity (Wildman–Crippen MR) is 92.0 cm³/mol. The van der Waals surface area contributed by atoms with Crippen LogP contribution in [-0.2, 0) is 9.59 Å². The SMILES string of the molecule is CCCCC(=O)NCCNC(=O)CCN1C(=O)c2ccccc2C1=O. The first kappa shape index (κ1) is 18.6. The molecule has 1 aromatic rings. The van der Waals surface area contributed by atoms with Crippen molar-refractivity contribution in [3.63, 3.8) is 0 Å². The van der Waals surface area contributed by atoms with Crippen molar-refractivity contribution in [2.45, 2.75) is 32.6 Å². The quantitative estimate of drug-likeness (QED) is 0.517. The van der Waals surface area contributed by atoms with E-state index >= 15 is 0 Å². The first-order valence-corrected chi connectivity index (χ1v) is 8.53. The highest BCUT2D eigenvalue weighted by Gasteiger charge is 2.34. The van der Waals surface area contributed by atoms with Crippen LogP contribution in [0, 0.1) is 0 Å². The van der Waals surface area contributed by atoms with Gasteiger partial charge in [-0.3, -0.25) is 24.1 Å². The van der Waals surface area contributed by atoms with E-state index < -0.39 is 0 Å². The zero-order valence-corrected chi connectivity index (χ0v) is 14.3. The topological polar surface area (TPSA) is 95.6 Å². The van der Waals surface area contributed by atoms with E-state index in [1.54, 1.807) is 24.3 Å². The predicted octanol–water partition coefficient (Wildman–Crippen LogP) is 1.10. The summed E-state index contributed by atoms with van der Waals surface area (Å²) < 4.78 is 0. The van der Waals surface area contributed by atoms with Crippen LogP contribution < -0.4 is 10.6 Å². The second-order valence-corrected chi connectivity index (χ2v) is 5.86. The average molecular weight is 345 g/mol. The van der Waals surface area contributed by atoms with Gasteiger partial charge in [-0.05, 0) is 18.6 Å². The zero-order valence-electron chi connectivity index (χ0n) is 14.3. The highest BCUT2D eigenvalue weighted by atomic mass is 16.2. The van der Waals surface area contributed by atoms with Crippen LogP contribution in [0.4, 0.5) is 0 Å². The van der Waals surface area contributed by atoms with Crippen molar-refractivity contribution in [2.75, 3.05) is 19.6 Å². The van der Waals surface area contributed by atoms with Crippen molar-refractivity contribution in [3.8, 4) is 0 Å². The molecule has 25 heavy (non-hydrogen) atoms. The molecule has 0 aliphatic carbocycles. The summed E-state index contributed by atoms with van der Waals surface area (Å²) >= 11 is 0. The minimum Gasteiger partial charge on any atom is -0.354 e. The summed E-state index contributed by atoms with van der Waals surface area (Å²) in [6, 6.07) is 6.62. The van der Waals surface area contributed by atoms with Gasteiger partial charge in [-0.25, -0.2) is 0 Å². The number of hydrogen-bond donors (Lipinski definition) is 2. The fourth-order valence-electron chi connectivity index (χ4n) is 2.57. The molecule has 0 unspecified atom stereocenters. The summed E-state index contributed by atoms with van der Waals surface area (Å²) in [6.45, 7) is 2.74. The number of nitrogens with zero attached hydrogens (tertiary/aromatic N) is 1. The molecular weight excluding hydrogens is 322 g/mol. The van der Waals surface area contributed by atoms with E-state index in [0.717, 1.165) is 17.7 Å². The molecule has 134 valence electrons. The lowest BCUT2D eigenvalue weighted by atomic mass is 10.1. The Morgan fingerprint density at radius 1 is 0.920 bits per heavy atom. The fourth-order valence-corrected chi connectivity index (χ4v) is 2.57.